The summed E-state index contributed by atoms with van der Waals surface area (Å²) >= 11 is 12.0. The summed E-state index contributed by atoms with van der Waals surface area (Å²) in [6.45, 7) is 1.39. The average molecular weight is 449 g/mol. The SMILES string of the molecule is C[C@@H](Oc1ccc(/C=C2/C(=O)NC(=O)N(c3ccc(Cl)cc3Cl)C2=O)cc1)C(=O)O. The summed E-state index contributed by atoms with van der Waals surface area (Å²) in [5.41, 5.74) is 0.252. The third-order valence-corrected chi connectivity index (χ3v) is 4.64. The molecule has 154 valence electrons. The van der Waals surface area contributed by atoms with Crippen molar-refractivity contribution < 1.29 is 29.0 Å². The minimum absolute atomic E-state index is 0.0637. The van der Waals surface area contributed by atoms with Crippen molar-refractivity contribution in [2.45, 2.75) is 13.0 Å². The number of barbiturate groups is 1. The van der Waals surface area contributed by atoms with Gasteiger partial charge >= 0.3 is 12.0 Å². The second-order valence-corrected chi connectivity index (χ2v) is 7.06. The third kappa shape index (κ3) is 4.45. The second-order valence-electron chi connectivity index (χ2n) is 6.22. The molecule has 0 saturated carbocycles. The molecule has 0 spiro atoms. The van der Waals surface area contributed by atoms with Gasteiger partial charge in [-0.25, -0.2) is 14.5 Å². The van der Waals surface area contributed by atoms with Crippen molar-refractivity contribution in [3.63, 3.8) is 0 Å². The van der Waals surface area contributed by atoms with E-state index in [1.807, 2.05) is 0 Å². The number of carbonyl (C=O) groups excluding carboxylic acids is 3. The summed E-state index contributed by atoms with van der Waals surface area (Å²) in [5, 5.41) is 11.4. The van der Waals surface area contributed by atoms with E-state index in [0.717, 1.165) is 4.90 Å². The number of benzene rings is 2. The van der Waals surface area contributed by atoms with Gasteiger partial charge in [0.25, 0.3) is 11.8 Å². The van der Waals surface area contributed by atoms with Gasteiger partial charge in [-0.1, -0.05) is 35.3 Å². The van der Waals surface area contributed by atoms with Crippen molar-refractivity contribution in [3.05, 3.63) is 63.6 Å². The highest BCUT2D eigenvalue weighted by Crippen LogP contribution is 2.31. The standard InChI is InChI=1S/C20H14Cl2N2O6/c1-10(19(27)28)30-13-5-2-11(3-6-13)8-14-17(25)23-20(29)24(18(14)26)16-7-4-12(21)9-15(16)22/h2-10H,1H3,(H,27,28)(H,23,25,29)/b14-8-/t10-/m1/s1. The quantitative estimate of drug-likeness (QED) is 0.534. The van der Waals surface area contributed by atoms with Gasteiger partial charge in [-0.15, -0.1) is 0 Å². The number of carboxylic acids is 1. The lowest BCUT2D eigenvalue weighted by molar-refractivity contribution is -0.144. The number of rotatable bonds is 5. The van der Waals surface area contributed by atoms with E-state index in [2.05, 4.69) is 5.32 Å². The normalized spacial score (nSPS) is 16.4. The number of imide groups is 2. The predicted molar refractivity (Wildman–Crippen MR) is 110 cm³/mol. The molecular weight excluding hydrogens is 435 g/mol. The molecule has 1 aliphatic heterocycles. The van der Waals surface area contributed by atoms with Crippen LogP contribution >= 0.6 is 23.2 Å². The first kappa shape index (κ1) is 21.4. The summed E-state index contributed by atoms with van der Waals surface area (Å²) in [6.07, 6.45) is 0.259. The van der Waals surface area contributed by atoms with E-state index in [9.17, 15) is 19.2 Å². The zero-order valence-corrected chi connectivity index (χ0v) is 16.9. The van der Waals surface area contributed by atoms with Crippen LogP contribution in [0.1, 0.15) is 12.5 Å². The van der Waals surface area contributed by atoms with Crippen LogP contribution in [0.15, 0.2) is 48.0 Å². The molecule has 2 N–H and O–H groups in total. The third-order valence-electron chi connectivity index (χ3n) is 4.10. The Kier molecular flexibility index (Phi) is 6.09. The molecule has 0 aliphatic carbocycles. The Balaban J connectivity index is 1.90. The van der Waals surface area contributed by atoms with Gasteiger partial charge in [0.2, 0.25) is 0 Å². The first-order valence-electron chi connectivity index (χ1n) is 8.53. The van der Waals surface area contributed by atoms with Crippen molar-refractivity contribution in [1.29, 1.82) is 0 Å². The molecule has 10 heteroatoms. The molecule has 1 saturated heterocycles. The Bertz CT molecular complexity index is 1080. The molecule has 2 aromatic carbocycles. The molecule has 4 amide bonds. The van der Waals surface area contributed by atoms with E-state index in [0.29, 0.717) is 16.3 Å². The first-order valence-corrected chi connectivity index (χ1v) is 9.29. The van der Waals surface area contributed by atoms with Crippen molar-refractivity contribution in [2.24, 2.45) is 0 Å². The van der Waals surface area contributed by atoms with Gasteiger partial charge in [-0.2, -0.15) is 0 Å². The molecule has 0 radical (unpaired) electrons. The maximum Gasteiger partial charge on any atom is 0.344 e. The number of ether oxygens (including phenoxy) is 1. The molecule has 8 nitrogen and oxygen atoms in total. The minimum Gasteiger partial charge on any atom is -0.479 e. The van der Waals surface area contributed by atoms with E-state index in [1.54, 1.807) is 0 Å². The Morgan fingerprint density at radius 3 is 2.40 bits per heavy atom. The Morgan fingerprint density at radius 2 is 1.80 bits per heavy atom. The molecule has 30 heavy (non-hydrogen) atoms. The number of nitrogens with zero attached hydrogens (tertiary/aromatic N) is 1. The molecule has 1 heterocycles. The first-order chi connectivity index (χ1) is 14.2. The highest BCUT2D eigenvalue weighted by atomic mass is 35.5. The molecular formula is C20H14Cl2N2O6. The van der Waals surface area contributed by atoms with Crippen LogP contribution < -0.4 is 15.0 Å². The predicted octanol–water partition coefficient (Wildman–Crippen LogP) is 3.51. The summed E-state index contributed by atoms with van der Waals surface area (Å²) in [6, 6.07) is 9.35. The van der Waals surface area contributed by atoms with E-state index < -0.39 is 29.9 Å². The lowest BCUT2D eigenvalue weighted by Gasteiger charge is -2.27. The number of halogens is 2. The van der Waals surface area contributed by atoms with Crippen LogP contribution in [0, 0.1) is 0 Å². The fourth-order valence-electron chi connectivity index (χ4n) is 2.60. The van der Waals surface area contributed by atoms with Gasteiger partial charge in [0.05, 0.1) is 10.7 Å². The molecule has 1 aliphatic rings. The summed E-state index contributed by atoms with van der Waals surface area (Å²) < 4.78 is 5.23. The molecule has 2 aromatic rings. The van der Waals surface area contributed by atoms with Crippen molar-refractivity contribution in [2.75, 3.05) is 4.90 Å². The van der Waals surface area contributed by atoms with E-state index >= 15 is 0 Å². The topological polar surface area (TPSA) is 113 Å². The van der Waals surface area contributed by atoms with Crippen LogP contribution in [-0.2, 0) is 14.4 Å². The maximum atomic E-state index is 12.9. The number of anilines is 1. The molecule has 0 unspecified atom stereocenters. The lowest BCUT2D eigenvalue weighted by atomic mass is 10.1. The number of hydrogen-bond donors (Lipinski definition) is 2. The highest BCUT2D eigenvalue weighted by molar-refractivity contribution is 6.42. The van der Waals surface area contributed by atoms with E-state index in [-0.39, 0.29) is 16.3 Å². The van der Waals surface area contributed by atoms with Gasteiger partial charge in [-0.3, -0.25) is 14.9 Å². The average Bonchev–Trinajstić information content (AvgIpc) is 2.67. The number of carbonyl (C=O) groups is 4. The van der Waals surface area contributed by atoms with Crippen molar-refractivity contribution in [1.82, 2.24) is 5.32 Å². The molecule has 3 rings (SSSR count). The van der Waals surface area contributed by atoms with Crippen LogP contribution in [0.5, 0.6) is 5.75 Å². The number of nitrogens with one attached hydrogen (secondary N) is 1. The lowest BCUT2D eigenvalue weighted by Crippen LogP contribution is -2.54. The highest BCUT2D eigenvalue weighted by Gasteiger charge is 2.37. The summed E-state index contributed by atoms with van der Waals surface area (Å²) in [4.78, 5) is 48.9. The van der Waals surface area contributed by atoms with E-state index in [4.69, 9.17) is 33.0 Å². The van der Waals surface area contributed by atoms with Crippen LogP contribution in [0.2, 0.25) is 10.0 Å². The molecule has 0 aromatic heterocycles. The molecule has 0 bridgehead atoms. The van der Waals surface area contributed by atoms with Crippen LogP contribution in [0.25, 0.3) is 6.08 Å². The number of carboxylic acid groups (broad SMARTS) is 1. The number of aliphatic carboxylic acids is 1. The molecule has 1 atom stereocenters. The van der Waals surface area contributed by atoms with Crippen molar-refractivity contribution >= 4 is 58.8 Å². The van der Waals surface area contributed by atoms with Gasteiger partial charge in [0.1, 0.15) is 11.3 Å². The Hall–Kier alpha value is -3.36. The van der Waals surface area contributed by atoms with Crippen LogP contribution in [0.4, 0.5) is 10.5 Å². The number of hydrogen-bond acceptors (Lipinski definition) is 5. The minimum atomic E-state index is -1.11. The fraction of sp³-hybridized carbons (Fsp3) is 0.100. The summed E-state index contributed by atoms with van der Waals surface area (Å²) in [7, 11) is 0. The molecule has 1 fully saturated rings. The van der Waals surface area contributed by atoms with Crippen LogP contribution in [0.3, 0.4) is 0 Å². The zero-order chi connectivity index (χ0) is 22.0. The van der Waals surface area contributed by atoms with E-state index in [1.165, 1.54) is 55.5 Å². The smallest absolute Gasteiger partial charge is 0.344 e. The monoisotopic (exact) mass is 448 g/mol. The van der Waals surface area contributed by atoms with Crippen LogP contribution in [-0.4, -0.2) is 35.0 Å². The fourth-order valence-corrected chi connectivity index (χ4v) is 3.10. The Morgan fingerprint density at radius 1 is 1.13 bits per heavy atom. The number of urea groups is 1. The maximum absolute atomic E-state index is 12.9. The zero-order valence-electron chi connectivity index (χ0n) is 15.4. The largest absolute Gasteiger partial charge is 0.479 e. The number of amides is 4. The Labute approximate surface area is 180 Å². The summed E-state index contributed by atoms with van der Waals surface area (Å²) in [5.74, 6) is -2.52. The van der Waals surface area contributed by atoms with Gasteiger partial charge in [-0.05, 0) is 48.9 Å². The van der Waals surface area contributed by atoms with Gasteiger partial charge < -0.3 is 9.84 Å². The van der Waals surface area contributed by atoms with Gasteiger partial charge in [0.15, 0.2) is 6.10 Å². The second kappa shape index (κ2) is 8.56. The van der Waals surface area contributed by atoms with Gasteiger partial charge in [0, 0.05) is 5.02 Å². The van der Waals surface area contributed by atoms with Crippen molar-refractivity contribution in [3.8, 4) is 5.75 Å².